The van der Waals surface area contributed by atoms with Crippen LogP contribution in [0.1, 0.15) is 357 Å². The molecule has 806 valence electrons. The Morgan fingerprint density at radius 2 is 0.608 bits per heavy atom. The van der Waals surface area contributed by atoms with Crippen LogP contribution in [0.25, 0.3) is 0 Å². The summed E-state index contributed by atoms with van der Waals surface area (Å²) in [5.74, 6) is 2.18. The van der Waals surface area contributed by atoms with Gasteiger partial charge in [0.15, 0.2) is 62.2 Å². The van der Waals surface area contributed by atoms with Crippen molar-refractivity contribution in [1.82, 2.24) is 0 Å². The fourth-order valence-corrected chi connectivity index (χ4v) is 19.6. The molecule has 0 saturated heterocycles. The van der Waals surface area contributed by atoms with Crippen LogP contribution in [-0.4, -0.2) is 112 Å². The van der Waals surface area contributed by atoms with Crippen molar-refractivity contribution in [3.8, 4) is 0 Å². The van der Waals surface area contributed by atoms with Crippen LogP contribution in [0.3, 0.4) is 0 Å². The van der Waals surface area contributed by atoms with Crippen LogP contribution in [0.4, 0.5) is 0 Å². The Balaban J connectivity index is -0.000000777. The van der Waals surface area contributed by atoms with Gasteiger partial charge in [-0.25, -0.2) is 0 Å². The fourth-order valence-electron chi connectivity index (χ4n) is 14.1. The van der Waals surface area contributed by atoms with Gasteiger partial charge < -0.3 is 27.3 Å². The molecule has 5 rings (SSSR count). The molecule has 143 heavy (non-hydrogen) atoms. The summed E-state index contributed by atoms with van der Waals surface area (Å²) < 4.78 is 25.9. The van der Waals surface area contributed by atoms with Gasteiger partial charge in [0, 0.05) is 71.3 Å². The second-order valence-corrected chi connectivity index (χ2v) is 62.7. The fraction of sp³-hybridized carbons (Fsp3) is 0.595. The molecule has 0 aliphatic heterocycles. The second kappa shape index (κ2) is 83.2. The van der Waals surface area contributed by atoms with Crippen molar-refractivity contribution in [2.75, 3.05) is 0 Å². The van der Waals surface area contributed by atoms with Crippen LogP contribution in [0, 0.1) is 29.6 Å². The number of carbonyl (C=O) groups excluding carboxylic acids is 9. The Labute approximate surface area is 881 Å². The van der Waals surface area contributed by atoms with Gasteiger partial charge in [0.1, 0.15) is 25.1 Å². The molecular weight excluding hydrogens is 1830 g/mol. The Bertz CT molecular complexity index is 4150. The van der Waals surface area contributed by atoms with Crippen LogP contribution in [0.15, 0.2) is 255 Å². The second-order valence-electron chi connectivity index (χ2n) is 43.7. The minimum absolute atomic E-state index is 0.0520. The molecule has 0 amide bonds. The van der Waals surface area contributed by atoms with E-state index in [0.29, 0.717) is 18.8 Å². The van der Waals surface area contributed by atoms with Crippen molar-refractivity contribution < 1.29 is 60.9 Å². The van der Waals surface area contributed by atoms with Crippen LogP contribution in [0.5, 0.6) is 0 Å². The molecule has 0 aromatic carbocycles. The molecule has 0 aromatic rings. The van der Waals surface area contributed by atoms with Gasteiger partial charge in [-0.1, -0.05) is 374 Å². The van der Waals surface area contributed by atoms with Gasteiger partial charge in [-0.3, -0.25) is 33.6 Å². The summed E-state index contributed by atoms with van der Waals surface area (Å²) in [5.41, 5.74) is 3.61. The molecule has 9 atom stereocenters. The van der Waals surface area contributed by atoms with E-state index in [-0.39, 0.29) is 97.2 Å². The standard InChI is InChI=1S/C22H38O2Si.C22H36O2Si.C16H22O.C16H20O.C14H30O2Si.C14H28O2Si.C8H14O.C8H12O.C6H8O/c2*1-8-10-11-13-19(24-25(6,7)22(3,4)5)15-16-20-18(12-9-2)14-17-21(20)23;2*1-3-5-6-7-8-9-11-15-14(10-4-2)12-13-16(15)17;2*1-7-8-9-10-13(11-12-15)16-17(5,6)14(2,3)4;2*1-2-3-4-5-6-7-8-9;1-5-2-3-6(7)4-5/h9,14,16-19H,2,8,10-13,15H2,1,3-7H3;9-11,14,16-19H,2,8,12-13,15H2,1,3-7H3;4,8-9,11-14H,2-3,5-7,10H2,1H3;4-6,8-9,11-14H,2-3,7,10H2,1H3;12-13H,7-11H2,1-6H3;8-9,12-13H,7,10-11H2,1-6H3;6-8H,2-5H2,1H3;3-4,6-8H,2,5H2,1H3;2-3,5H,4H2,1H3/b20-16+;11-10-,20-16+;9-8+,15-11+;6-5-,9-8+,15-11+;;9-8-;7-6+;4-3-,7-6+;/t2*18-,19-;2*14-;2*13-;;;5-/m000000..0/s1. The Morgan fingerprint density at radius 1 is 0.329 bits per heavy atom. The van der Waals surface area contributed by atoms with Crippen LogP contribution < -0.4 is 0 Å². The molecule has 0 fully saturated rings. The smallest absolute Gasteiger partial charge is 0.192 e. The molecule has 5 aliphatic rings. The van der Waals surface area contributed by atoms with Crippen molar-refractivity contribution in [3.05, 3.63) is 255 Å². The van der Waals surface area contributed by atoms with E-state index in [2.05, 4.69) is 284 Å². The number of carbonyl (C=O) groups is 9. The molecule has 0 spiro atoms. The van der Waals surface area contributed by atoms with E-state index in [9.17, 15) is 43.2 Å². The Morgan fingerprint density at radius 3 is 0.909 bits per heavy atom. The minimum atomic E-state index is -1.83. The van der Waals surface area contributed by atoms with E-state index in [0.717, 1.165) is 169 Å². The SMILES string of the molecule is C=CC[C@H]1C=CC(=O)/C1=C/C=C/C/C=C\CC.C=CC[C@H]1C=CC(=O)/C1=C/C=C/CCCCC.C=CC[C@H]1C=CC(=O)/C1=C/C[C@H](C/C=C\CC)O[Si](C)(C)C(C)(C)C.C=CC[C@H]1C=CC(=O)/C1=C/C[C@H](CCCCC)O[Si](C)(C)C(C)(C)C.CC/C=C\C/C=C/C=O.CC/C=C\C[C@@H](CC=O)O[Si](C)(C)C(C)(C)C.CCCCC/C=C/C=O.CCCCC[C@@H](CC=O)O[Si](C)(C)C(C)(C)C.C[C@H]1C=CC(=O)C1. The molecule has 13 nitrogen and oxygen atoms in total. The van der Waals surface area contributed by atoms with Gasteiger partial charge in [0.05, 0.1) is 18.3 Å². The molecule has 0 unspecified atom stereocenters. The highest BCUT2D eigenvalue weighted by Crippen LogP contribution is 2.43. The Hall–Kier alpha value is -7.72. The van der Waals surface area contributed by atoms with E-state index in [1.165, 1.54) is 83.1 Å². The first kappa shape index (κ1) is 142. The topological polar surface area (TPSA) is 191 Å². The van der Waals surface area contributed by atoms with Crippen molar-refractivity contribution >= 4 is 87.3 Å². The zero-order valence-electron chi connectivity index (χ0n) is 96.1. The van der Waals surface area contributed by atoms with Gasteiger partial charge in [0.2, 0.25) is 0 Å². The molecule has 5 aliphatic carbocycles. The molecule has 0 heterocycles. The van der Waals surface area contributed by atoms with Crippen LogP contribution in [-0.2, 0) is 60.9 Å². The first-order valence-corrected chi connectivity index (χ1v) is 66.1. The normalized spacial score (nSPS) is 19.0. The van der Waals surface area contributed by atoms with Crippen molar-refractivity contribution in [1.29, 1.82) is 0 Å². The van der Waals surface area contributed by atoms with E-state index < -0.39 is 33.3 Å². The Kier molecular flexibility index (Phi) is 82.4. The number of unbranched alkanes of at least 4 members (excludes halogenated alkanes) is 10. The minimum Gasteiger partial charge on any atom is -0.414 e. The zero-order chi connectivity index (χ0) is 109. The van der Waals surface area contributed by atoms with Crippen molar-refractivity contribution in [2.45, 2.75) is 454 Å². The van der Waals surface area contributed by atoms with Crippen molar-refractivity contribution in [2.24, 2.45) is 29.6 Å². The average molecular weight is 2040 g/mol. The summed E-state index contributed by atoms with van der Waals surface area (Å²) in [4.78, 5) is 98.7. The number of ketones is 5. The van der Waals surface area contributed by atoms with Gasteiger partial charge in [-0.2, -0.15) is 0 Å². The number of rotatable bonds is 56. The zero-order valence-corrected chi connectivity index (χ0v) is 100. The number of allylic oxidation sites excluding steroid dienone is 34. The summed E-state index contributed by atoms with van der Waals surface area (Å²) in [6.45, 7) is 79.6. The lowest BCUT2D eigenvalue weighted by Crippen LogP contribution is -2.44. The molecule has 0 N–H and O–H groups in total. The molecule has 0 aromatic heterocycles. The van der Waals surface area contributed by atoms with E-state index in [1.54, 1.807) is 36.5 Å². The van der Waals surface area contributed by atoms with E-state index in [1.807, 2.05) is 104 Å². The van der Waals surface area contributed by atoms with E-state index >= 15 is 0 Å². The summed E-state index contributed by atoms with van der Waals surface area (Å²) in [6, 6.07) is 0. The highest BCUT2D eigenvalue weighted by molar-refractivity contribution is 6.75. The van der Waals surface area contributed by atoms with Gasteiger partial charge >= 0.3 is 0 Å². The third-order valence-electron chi connectivity index (χ3n) is 26.9. The van der Waals surface area contributed by atoms with Gasteiger partial charge in [-0.15, -0.1) is 26.3 Å². The maximum Gasteiger partial charge on any atom is 0.192 e. The highest BCUT2D eigenvalue weighted by Gasteiger charge is 2.43. The summed E-state index contributed by atoms with van der Waals surface area (Å²) >= 11 is 0. The summed E-state index contributed by atoms with van der Waals surface area (Å²) in [7, 11) is -7.12. The van der Waals surface area contributed by atoms with Crippen LogP contribution in [0.2, 0.25) is 72.5 Å². The third kappa shape index (κ3) is 68.4. The van der Waals surface area contributed by atoms with Gasteiger partial charge in [0.25, 0.3) is 0 Å². The molecular formula is C126H208O13Si4. The summed E-state index contributed by atoms with van der Waals surface area (Å²) in [6.07, 6.45) is 104. The first-order chi connectivity index (χ1) is 67.4. The number of hydrogen-bond acceptors (Lipinski definition) is 13. The van der Waals surface area contributed by atoms with Crippen molar-refractivity contribution in [3.63, 3.8) is 0 Å². The lowest BCUT2D eigenvalue weighted by molar-refractivity contribution is -0.114. The van der Waals surface area contributed by atoms with Gasteiger partial charge in [-0.05, 0) is 249 Å². The lowest BCUT2D eigenvalue weighted by Gasteiger charge is -2.39. The predicted molar refractivity (Wildman–Crippen MR) is 630 cm³/mol. The maximum atomic E-state index is 12.2. The molecule has 0 saturated carbocycles. The number of hydrogen-bond donors (Lipinski definition) is 0. The maximum absolute atomic E-state index is 12.2. The largest absolute Gasteiger partial charge is 0.414 e. The molecule has 17 heteroatoms. The molecule has 0 radical (unpaired) electrons. The van der Waals surface area contributed by atoms with E-state index in [4.69, 9.17) is 17.7 Å². The third-order valence-corrected chi connectivity index (χ3v) is 45.0. The average Bonchev–Trinajstić information content (AvgIpc) is 1.69. The molecule has 0 bridgehead atoms. The van der Waals surface area contributed by atoms with Crippen LogP contribution >= 0.6 is 0 Å². The lowest BCUT2D eigenvalue weighted by atomic mass is 9.96. The predicted octanol–water partition coefficient (Wildman–Crippen LogP) is 36.0. The summed E-state index contributed by atoms with van der Waals surface area (Å²) in [5, 5.41) is 0.809. The highest BCUT2D eigenvalue weighted by atomic mass is 28.4. The first-order valence-electron chi connectivity index (χ1n) is 54.5. The monoisotopic (exact) mass is 2040 g/mol. The quantitative estimate of drug-likeness (QED) is 0.0184. The number of aldehydes is 4.